The predicted octanol–water partition coefficient (Wildman–Crippen LogP) is 2.00. The van der Waals surface area contributed by atoms with Crippen molar-refractivity contribution in [1.29, 1.82) is 0 Å². The van der Waals surface area contributed by atoms with Gasteiger partial charge in [0.15, 0.2) is 11.9 Å². The molecule has 0 aromatic heterocycles. The highest BCUT2D eigenvalue weighted by molar-refractivity contribution is 6.06. The molecule has 1 aliphatic heterocycles. The van der Waals surface area contributed by atoms with Crippen LogP contribution in [0.3, 0.4) is 0 Å². The summed E-state index contributed by atoms with van der Waals surface area (Å²) in [5.41, 5.74) is -2.59. The number of hydrogen-bond donors (Lipinski definition) is 0. The molecule has 1 heterocycles. The van der Waals surface area contributed by atoms with E-state index in [9.17, 15) is 19.2 Å². The van der Waals surface area contributed by atoms with E-state index in [4.69, 9.17) is 30.1 Å². The standard InChI is InChI=1S/C25H30O9/c1-7-24(6)20(34-22(33-18(5)28)21(24)32-17(4)27)15-31-25(16(3)26,23(29)30-8-2)14-19-12-10-9-11-13-19/h1,9-13,20-22H,8,14-15H2,2-6H3/t20-,21+,22?,24+,25?/m1/s1. The van der Waals surface area contributed by atoms with E-state index in [1.54, 1.807) is 44.2 Å². The average Bonchev–Trinajstić information content (AvgIpc) is 3.02. The Balaban J connectivity index is 2.40. The Morgan fingerprint density at radius 1 is 1.09 bits per heavy atom. The lowest BCUT2D eigenvalue weighted by Crippen LogP contribution is -2.53. The molecule has 1 aliphatic rings. The molecule has 1 fully saturated rings. The molecule has 184 valence electrons. The SMILES string of the molecule is C#C[C@@]1(C)[C@@H](COC(Cc2ccccc2)(C(C)=O)C(=O)OCC)OC(OC(C)=O)[C@@H]1OC(C)=O. The van der Waals surface area contributed by atoms with Crippen LogP contribution in [-0.4, -0.2) is 61.0 Å². The third-order valence-corrected chi connectivity index (χ3v) is 5.64. The molecule has 0 spiro atoms. The number of benzene rings is 1. The third-order valence-electron chi connectivity index (χ3n) is 5.64. The van der Waals surface area contributed by atoms with E-state index in [2.05, 4.69) is 5.92 Å². The molecule has 1 aromatic rings. The fraction of sp³-hybridized carbons (Fsp3) is 0.520. The molecule has 1 aromatic carbocycles. The van der Waals surface area contributed by atoms with Gasteiger partial charge in [0.05, 0.1) is 18.6 Å². The highest BCUT2D eigenvalue weighted by atomic mass is 16.7. The summed E-state index contributed by atoms with van der Waals surface area (Å²) in [6.07, 6.45) is 2.28. The molecule has 0 radical (unpaired) electrons. The van der Waals surface area contributed by atoms with Gasteiger partial charge < -0.3 is 23.7 Å². The number of carbonyl (C=O) groups excluding carboxylic acids is 4. The van der Waals surface area contributed by atoms with Gasteiger partial charge >= 0.3 is 17.9 Å². The van der Waals surface area contributed by atoms with E-state index < -0.39 is 53.2 Å². The van der Waals surface area contributed by atoms with Gasteiger partial charge in [0.25, 0.3) is 0 Å². The summed E-state index contributed by atoms with van der Waals surface area (Å²) in [6.45, 7) is 6.49. The first-order valence-electron chi connectivity index (χ1n) is 10.8. The number of ether oxygens (including phenoxy) is 5. The van der Waals surface area contributed by atoms with Crippen molar-refractivity contribution in [2.75, 3.05) is 13.2 Å². The number of terminal acetylenes is 1. The van der Waals surface area contributed by atoms with Gasteiger partial charge in [0, 0.05) is 20.3 Å². The fourth-order valence-corrected chi connectivity index (χ4v) is 3.74. The van der Waals surface area contributed by atoms with Crippen molar-refractivity contribution in [2.45, 2.75) is 65.1 Å². The Kier molecular flexibility index (Phi) is 8.96. The maximum atomic E-state index is 13.0. The molecule has 1 saturated heterocycles. The zero-order chi connectivity index (χ0) is 25.5. The van der Waals surface area contributed by atoms with Crippen molar-refractivity contribution < 1.29 is 42.9 Å². The summed E-state index contributed by atoms with van der Waals surface area (Å²) in [7, 11) is 0. The Labute approximate surface area is 199 Å². The van der Waals surface area contributed by atoms with Crippen molar-refractivity contribution in [3.63, 3.8) is 0 Å². The number of esters is 3. The second-order valence-electron chi connectivity index (χ2n) is 8.14. The lowest BCUT2D eigenvalue weighted by molar-refractivity contribution is -0.201. The molecule has 0 N–H and O–H groups in total. The minimum Gasteiger partial charge on any atom is -0.463 e. The maximum absolute atomic E-state index is 13.0. The summed E-state index contributed by atoms with van der Waals surface area (Å²) in [5.74, 6) is -0.190. The van der Waals surface area contributed by atoms with Crippen LogP contribution in [0.15, 0.2) is 30.3 Å². The van der Waals surface area contributed by atoms with E-state index in [1.807, 2.05) is 0 Å². The first-order valence-corrected chi connectivity index (χ1v) is 10.8. The third kappa shape index (κ3) is 5.82. The normalized spacial score (nSPS) is 25.5. The molecule has 0 saturated carbocycles. The van der Waals surface area contributed by atoms with Gasteiger partial charge in [-0.25, -0.2) is 4.79 Å². The Bertz CT molecular complexity index is 951. The molecular formula is C25H30O9. The number of hydrogen-bond acceptors (Lipinski definition) is 9. The van der Waals surface area contributed by atoms with Crippen LogP contribution in [-0.2, 0) is 49.3 Å². The number of Topliss-reactive ketones (excluding diaryl/α,β-unsaturated/α-hetero) is 1. The first-order chi connectivity index (χ1) is 16.0. The van der Waals surface area contributed by atoms with E-state index in [-0.39, 0.29) is 19.6 Å². The predicted molar refractivity (Wildman–Crippen MR) is 119 cm³/mol. The topological polar surface area (TPSA) is 114 Å². The van der Waals surface area contributed by atoms with Crippen molar-refractivity contribution in [2.24, 2.45) is 5.41 Å². The van der Waals surface area contributed by atoms with E-state index in [0.717, 1.165) is 0 Å². The van der Waals surface area contributed by atoms with Gasteiger partial charge in [-0.3, -0.25) is 14.4 Å². The van der Waals surface area contributed by atoms with Crippen molar-refractivity contribution in [1.82, 2.24) is 0 Å². The molecule has 9 nitrogen and oxygen atoms in total. The van der Waals surface area contributed by atoms with Crippen molar-refractivity contribution >= 4 is 23.7 Å². The summed E-state index contributed by atoms with van der Waals surface area (Å²) in [6, 6.07) is 8.86. The van der Waals surface area contributed by atoms with Gasteiger partial charge in [-0.2, -0.15) is 0 Å². The molecule has 34 heavy (non-hydrogen) atoms. The number of ketones is 1. The van der Waals surface area contributed by atoms with Crippen molar-refractivity contribution in [3.8, 4) is 12.3 Å². The maximum Gasteiger partial charge on any atom is 0.346 e. The quantitative estimate of drug-likeness (QED) is 0.217. The highest BCUT2D eigenvalue weighted by Crippen LogP contribution is 2.42. The van der Waals surface area contributed by atoms with Gasteiger partial charge in [0.1, 0.15) is 6.10 Å². The molecule has 0 bridgehead atoms. The van der Waals surface area contributed by atoms with Gasteiger partial charge in [-0.1, -0.05) is 36.3 Å². The van der Waals surface area contributed by atoms with Crippen LogP contribution in [0.25, 0.3) is 0 Å². The molecule has 0 amide bonds. The summed E-state index contributed by atoms with van der Waals surface area (Å²) >= 11 is 0. The average molecular weight is 475 g/mol. The minimum absolute atomic E-state index is 0.0388. The van der Waals surface area contributed by atoms with Crippen LogP contribution in [0.1, 0.15) is 40.2 Å². The van der Waals surface area contributed by atoms with Crippen LogP contribution in [0.5, 0.6) is 0 Å². The van der Waals surface area contributed by atoms with Gasteiger partial charge in [-0.15, -0.1) is 6.42 Å². The number of rotatable bonds is 10. The lowest BCUT2D eigenvalue weighted by atomic mass is 9.81. The summed E-state index contributed by atoms with van der Waals surface area (Å²) < 4.78 is 27.4. The molecule has 0 aliphatic carbocycles. The Morgan fingerprint density at radius 3 is 2.21 bits per heavy atom. The largest absolute Gasteiger partial charge is 0.463 e. The van der Waals surface area contributed by atoms with Crippen LogP contribution < -0.4 is 0 Å². The molecule has 5 atom stereocenters. The van der Waals surface area contributed by atoms with Crippen LogP contribution in [0.2, 0.25) is 0 Å². The molecule has 2 rings (SSSR count). The summed E-state index contributed by atoms with van der Waals surface area (Å²) in [4.78, 5) is 49.0. The minimum atomic E-state index is -1.97. The molecule has 9 heteroatoms. The van der Waals surface area contributed by atoms with E-state index in [0.29, 0.717) is 5.56 Å². The number of carbonyl (C=O) groups is 4. The van der Waals surface area contributed by atoms with Crippen LogP contribution >= 0.6 is 0 Å². The molecule has 2 unspecified atom stereocenters. The van der Waals surface area contributed by atoms with Crippen LogP contribution in [0.4, 0.5) is 0 Å². The Hall–Kier alpha value is -3.22. The fourth-order valence-electron chi connectivity index (χ4n) is 3.74. The zero-order valence-corrected chi connectivity index (χ0v) is 20.0. The van der Waals surface area contributed by atoms with E-state index >= 15 is 0 Å². The lowest BCUT2D eigenvalue weighted by Gasteiger charge is -2.33. The second kappa shape index (κ2) is 11.3. The second-order valence-corrected chi connectivity index (χ2v) is 8.14. The van der Waals surface area contributed by atoms with Gasteiger partial charge in [-0.05, 0) is 26.3 Å². The van der Waals surface area contributed by atoms with Gasteiger partial charge in [0.2, 0.25) is 11.9 Å². The van der Waals surface area contributed by atoms with Crippen LogP contribution in [0, 0.1) is 17.8 Å². The molecular weight excluding hydrogens is 444 g/mol. The zero-order valence-electron chi connectivity index (χ0n) is 20.0. The van der Waals surface area contributed by atoms with E-state index in [1.165, 1.54) is 20.8 Å². The smallest absolute Gasteiger partial charge is 0.346 e. The first kappa shape index (κ1) is 27.0. The Morgan fingerprint density at radius 2 is 1.71 bits per heavy atom. The monoisotopic (exact) mass is 474 g/mol. The highest BCUT2D eigenvalue weighted by Gasteiger charge is 2.58. The summed E-state index contributed by atoms with van der Waals surface area (Å²) in [5, 5.41) is 0. The van der Waals surface area contributed by atoms with Crippen molar-refractivity contribution in [3.05, 3.63) is 35.9 Å².